The second-order valence-corrected chi connectivity index (χ2v) is 6.36. The van der Waals surface area contributed by atoms with Crippen LogP contribution in [0.5, 0.6) is 0 Å². The second-order valence-electron chi connectivity index (χ2n) is 4.96. The third-order valence-electron chi connectivity index (χ3n) is 3.19. The van der Waals surface area contributed by atoms with Gasteiger partial charge in [-0.25, -0.2) is 9.37 Å². The number of thioether (sulfide) groups is 1. The molecule has 128 valence electrons. The standard InChI is InChI=1S/C15H10ClFN4O3S/c16-8-1-3-10-12(5-8)20-15(19-10)25-7-14(22)18-11-4-2-9(17)6-13(11)21(23)24/h1-6H,7H2,(H,18,22)(H,19,20). The zero-order chi connectivity index (χ0) is 18.0. The Labute approximate surface area is 149 Å². The van der Waals surface area contributed by atoms with Crippen LogP contribution >= 0.6 is 23.4 Å². The van der Waals surface area contributed by atoms with E-state index in [2.05, 4.69) is 15.3 Å². The number of nitrogens with one attached hydrogen (secondary N) is 2. The van der Waals surface area contributed by atoms with Gasteiger partial charge >= 0.3 is 0 Å². The van der Waals surface area contributed by atoms with E-state index in [0.717, 1.165) is 35.5 Å². The van der Waals surface area contributed by atoms with Gasteiger partial charge in [-0.05, 0) is 30.3 Å². The number of carbonyl (C=O) groups is 1. The van der Waals surface area contributed by atoms with Crippen molar-refractivity contribution >= 4 is 51.7 Å². The summed E-state index contributed by atoms with van der Waals surface area (Å²) in [5.41, 5.74) is 0.885. The van der Waals surface area contributed by atoms with Gasteiger partial charge in [0.25, 0.3) is 5.69 Å². The molecule has 0 radical (unpaired) electrons. The maximum absolute atomic E-state index is 13.1. The highest BCUT2D eigenvalue weighted by molar-refractivity contribution is 7.99. The third kappa shape index (κ3) is 4.06. The highest BCUT2D eigenvalue weighted by atomic mass is 35.5. The number of benzene rings is 2. The maximum Gasteiger partial charge on any atom is 0.295 e. The van der Waals surface area contributed by atoms with Crippen molar-refractivity contribution in [2.45, 2.75) is 5.16 Å². The van der Waals surface area contributed by atoms with E-state index >= 15 is 0 Å². The molecule has 0 spiro atoms. The van der Waals surface area contributed by atoms with Crippen LogP contribution in [0.15, 0.2) is 41.6 Å². The van der Waals surface area contributed by atoms with Gasteiger partial charge in [0.2, 0.25) is 5.91 Å². The normalized spacial score (nSPS) is 10.8. The maximum atomic E-state index is 13.1. The Hall–Kier alpha value is -2.65. The van der Waals surface area contributed by atoms with Gasteiger partial charge < -0.3 is 10.3 Å². The first kappa shape index (κ1) is 17.2. The lowest BCUT2D eigenvalue weighted by molar-refractivity contribution is -0.384. The molecular weight excluding hydrogens is 371 g/mol. The monoisotopic (exact) mass is 380 g/mol. The number of hydrogen-bond acceptors (Lipinski definition) is 5. The van der Waals surface area contributed by atoms with Gasteiger partial charge in [0.1, 0.15) is 11.5 Å². The van der Waals surface area contributed by atoms with E-state index < -0.39 is 22.3 Å². The van der Waals surface area contributed by atoms with Crippen LogP contribution in [0.2, 0.25) is 5.02 Å². The van der Waals surface area contributed by atoms with Crippen molar-refractivity contribution in [3.8, 4) is 0 Å². The minimum atomic E-state index is -0.755. The van der Waals surface area contributed by atoms with E-state index in [1.807, 2.05) is 0 Å². The van der Waals surface area contributed by atoms with Crippen LogP contribution in [-0.4, -0.2) is 26.6 Å². The molecule has 7 nitrogen and oxygen atoms in total. The van der Waals surface area contributed by atoms with Crippen LogP contribution in [0.1, 0.15) is 0 Å². The molecule has 0 aliphatic carbocycles. The Morgan fingerprint density at radius 3 is 2.92 bits per heavy atom. The fourth-order valence-electron chi connectivity index (χ4n) is 2.11. The quantitative estimate of drug-likeness (QED) is 0.396. The first-order chi connectivity index (χ1) is 11.9. The number of aromatic nitrogens is 2. The third-order valence-corrected chi connectivity index (χ3v) is 4.30. The molecule has 1 amide bonds. The fourth-order valence-corrected chi connectivity index (χ4v) is 2.97. The summed E-state index contributed by atoms with van der Waals surface area (Å²) >= 11 is 7.03. The molecule has 0 aliphatic rings. The molecule has 2 aromatic carbocycles. The molecule has 0 bridgehead atoms. The summed E-state index contributed by atoms with van der Waals surface area (Å²) in [5.74, 6) is -1.25. The highest BCUT2D eigenvalue weighted by Crippen LogP contribution is 2.26. The predicted molar refractivity (Wildman–Crippen MR) is 93.5 cm³/mol. The van der Waals surface area contributed by atoms with Gasteiger partial charge in [-0.2, -0.15) is 0 Å². The Balaban J connectivity index is 1.67. The minimum Gasteiger partial charge on any atom is -0.333 e. The number of rotatable bonds is 5. The van der Waals surface area contributed by atoms with Crippen molar-refractivity contribution in [3.05, 3.63) is 57.4 Å². The first-order valence-electron chi connectivity index (χ1n) is 6.94. The molecule has 0 aliphatic heterocycles. The van der Waals surface area contributed by atoms with Crippen LogP contribution in [0.25, 0.3) is 11.0 Å². The number of nitro groups is 1. The van der Waals surface area contributed by atoms with E-state index in [1.54, 1.807) is 18.2 Å². The van der Waals surface area contributed by atoms with Gasteiger partial charge in [-0.3, -0.25) is 14.9 Å². The van der Waals surface area contributed by atoms with Crippen LogP contribution in [0.4, 0.5) is 15.8 Å². The number of amides is 1. The van der Waals surface area contributed by atoms with E-state index in [4.69, 9.17) is 11.6 Å². The summed E-state index contributed by atoms with van der Waals surface area (Å²) < 4.78 is 13.1. The number of aromatic amines is 1. The molecule has 0 saturated heterocycles. The Bertz CT molecular complexity index is 979. The summed E-state index contributed by atoms with van der Waals surface area (Å²) in [6, 6.07) is 8.12. The van der Waals surface area contributed by atoms with Crippen molar-refractivity contribution in [3.63, 3.8) is 0 Å². The topological polar surface area (TPSA) is 101 Å². The largest absolute Gasteiger partial charge is 0.333 e. The number of nitro benzene ring substituents is 1. The number of fused-ring (bicyclic) bond motifs is 1. The van der Waals surface area contributed by atoms with Gasteiger partial charge in [-0.15, -0.1) is 0 Å². The molecule has 25 heavy (non-hydrogen) atoms. The summed E-state index contributed by atoms with van der Waals surface area (Å²) in [6.45, 7) is 0. The Kier molecular flexibility index (Phi) is 4.86. The molecule has 3 rings (SSSR count). The Morgan fingerprint density at radius 1 is 1.36 bits per heavy atom. The summed E-state index contributed by atoms with van der Waals surface area (Å²) in [5, 5.41) is 14.4. The first-order valence-corrected chi connectivity index (χ1v) is 8.30. The van der Waals surface area contributed by atoms with Gasteiger partial charge in [-0.1, -0.05) is 23.4 Å². The number of halogens is 2. The number of anilines is 1. The van der Waals surface area contributed by atoms with Crippen molar-refractivity contribution < 1.29 is 14.1 Å². The lowest BCUT2D eigenvalue weighted by Gasteiger charge is -2.05. The SMILES string of the molecule is O=C(CSc1nc2ccc(Cl)cc2[nH]1)Nc1ccc(F)cc1[N+](=O)[O-]. The van der Waals surface area contributed by atoms with Crippen LogP contribution in [0, 0.1) is 15.9 Å². The molecule has 2 N–H and O–H groups in total. The molecule has 3 aromatic rings. The zero-order valence-corrected chi connectivity index (χ0v) is 14.0. The van der Waals surface area contributed by atoms with Gasteiger partial charge in [0.05, 0.1) is 27.8 Å². The lowest BCUT2D eigenvalue weighted by atomic mass is 10.2. The predicted octanol–water partition coefficient (Wildman–Crippen LogP) is 3.99. The molecule has 0 saturated carbocycles. The average Bonchev–Trinajstić information content (AvgIpc) is 2.96. The molecule has 0 atom stereocenters. The number of hydrogen-bond donors (Lipinski definition) is 2. The number of H-pyrrole nitrogens is 1. The molecule has 1 aromatic heterocycles. The van der Waals surface area contributed by atoms with Gasteiger partial charge in [0, 0.05) is 5.02 Å². The fraction of sp³-hybridized carbons (Fsp3) is 0.0667. The molecule has 0 unspecified atom stereocenters. The number of carbonyl (C=O) groups excluding carboxylic acids is 1. The highest BCUT2D eigenvalue weighted by Gasteiger charge is 2.17. The van der Waals surface area contributed by atoms with Crippen molar-refractivity contribution in [2.75, 3.05) is 11.1 Å². The molecule has 0 fully saturated rings. The number of nitrogens with zero attached hydrogens (tertiary/aromatic N) is 2. The van der Waals surface area contributed by atoms with E-state index in [9.17, 15) is 19.3 Å². The van der Waals surface area contributed by atoms with Crippen molar-refractivity contribution in [1.82, 2.24) is 9.97 Å². The summed E-state index contributed by atoms with van der Waals surface area (Å²) in [7, 11) is 0. The summed E-state index contributed by atoms with van der Waals surface area (Å²) in [4.78, 5) is 29.5. The second kappa shape index (κ2) is 7.08. The molecular formula is C15H10ClFN4O3S. The van der Waals surface area contributed by atoms with Crippen molar-refractivity contribution in [1.29, 1.82) is 0 Å². The van der Waals surface area contributed by atoms with E-state index in [0.29, 0.717) is 15.7 Å². The minimum absolute atomic E-state index is 0.0257. The van der Waals surface area contributed by atoms with E-state index in [1.165, 1.54) is 0 Å². The lowest BCUT2D eigenvalue weighted by Crippen LogP contribution is -2.15. The van der Waals surface area contributed by atoms with Crippen LogP contribution < -0.4 is 5.32 Å². The molecule has 10 heteroatoms. The number of imidazole rings is 1. The van der Waals surface area contributed by atoms with Crippen molar-refractivity contribution in [2.24, 2.45) is 0 Å². The van der Waals surface area contributed by atoms with E-state index in [-0.39, 0.29) is 11.4 Å². The smallest absolute Gasteiger partial charge is 0.295 e. The summed E-state index contributed by atoms with van der Waals surface area (Å²) in [6.07, 6.45) is 0. The van der Waals surface area contributed by atoms with Gasteiger partial charge in [0.15, 0.2) is 5.16 Å². The van der Waals surface area contributed by atoms with Crippen LogP contribution in [0.3, 0.4) is 0 Å². The molecule has 1 heterocycles. The zero-order valence-electron chi connectivity index (χ0n) is 12.5. The van der Waals surface area contributed by atoms with Crippen LogP contribution in [-0.2, 0) is 4.79 Å². The Morgan fingerprint density at radius 2 is 2.16 bits per heavy atom. The average molecular weight is 381 g/mol.